The molecule has 0 aliphatic rings. The molecule has 0 aliphatic carbocycles. The lowest BCUT2D eigenvalue weighted by Gasteiger charge is -2.08. The van der Waals surface area contributed by atoms with Crippen LogP contribution in [0.1, 0.15) is 20.8 Å². The normalized spacial score (nSPS) is 10.6. The maximum Gasteiger partial charge on any atom is 0.355 e. The molecule has 0 aliphatic heterocycles. The Labute approximate surface area is 137 Å². The second-order valence-corrected chi connectivity index (χ2v) is 5.11. The number of esters is 1. The van der Waals surface area contributed by atoms with E-state index >= 15 is 0 Å². The highest BCUT2D eigenvalue weighted by Gasteiger charge is 2.17. The van der Waals surface area contributed by atoms with E-state index in [4.69, 9.17) is 9.47 Å². The highest BCUT2D eigenvalue weighted by Crippen LogP contribution is 2.20. The van der Waals surface area contributed by atoms with Crippen LogP contribution in [-0.4, -0.2) is 30.5 Å². The third kappa shape index (κ3) is 3.12. The number of hydrogen-bond acceptors (Lipinski definition) is 4. The van der Waals surface area contributed by atoms with Crippen LogP contribution < -0.4 is 4.74 Å². The fourth-order valence-corrected chi connectivity index (χ4v) is 2.37. The number of hydrogen-bond donors (Lipinski definition) is 1. The Morgan fingerprint density at radius 1 is 1.12 bits per heavy atom. The molecule has 24 heavy (non-hydrogen) atoms. The molecule has 0 saturated carbocycles. The molecule has 3 aromatic rings. The quantitative estimate of drug-likeness (QED) is 0.576. The molecule has 0 unspecified atom stereocenters. The Kier molecular flexibility index (Phi) is 4.29. The van der Waals surface area contributed by atoms with Crippen molar-refractivity contribution in [1.82, 2.24) is 4.98 Å². The smallest absolute Gasteiger partial charge is 0.355 e. The number of carbonyl (C=O) groups excluding carboxylic acids is 2. The first-order chi connectivity index (χ1) is 11.6. The first-order valence-corrected chi connectivity index (χ1v) is 7.20. The topological polar surface area (TPSA) is 68.4 Å². The lowest BCUT2D eigenvalue weighted by Crippen LogP contribution is -2.15. The Morgan fingerprint density at radius 3 is 2.67 bits per heavy atom. The minimum Gasteiger partial charge on any atom is -0.496 e. The van der Waals surface area contributed by atoms with E-state index in [1.165, 1.54) is 19.2 Å². The predicted molar refractivity (Wildman–Crippen MR) is 85.9 cm³/mol. The van der Waals surface area contributed by atoms with Crippen LogP contribution in [0.5, 0.6) is 5.75 Å². The van der Waals surface area contributed by atoms with Gasteiger partial charge in [0.15, 0.2) is 6.61 Å². The fraction of sp³-hybridized carbons (Fsp3) is 0.111. The number of rotatable bonds is 5. The van der Waals surface area contributed by atoms with Gasteiger partial charge in [-0.15, -0.1) is 0 Å². The number of aromatic nitrogens is 1. The molecule has 6 heteroatoms. The number of Topliss-reactive ketones (excluding diaryl/α,β-unsaturated/α-hetero) is 1. The number of nitrogens with one attached hydrogen (secondary N) is 1. The Balaban J connectivity index is 1.72. The summed E-state index contributed by atoms with van der Waals surface area (Å²) in [6.45, 7) is -0.506. The molecule has 0 bridgehead atoms. The Morgan fingerprint density at radius 2 is 1.92 bits per heavy atom. The van der Waals surface area contributed by atoms with Crippen molar-refractivity contribution < 1.29 is 23.5 Å². The van der Waals surface area contributed by atoms with Crippen LogP contribution in [0.3, 0.4) is 0 Å². The minimum absolute atomic E-state index is 0.0296. The van der Waals surface area contributed by atoms with E-state index in [0.29, 0.717) is 0 Å². The van der Waals surface area contributed by atoms with Crippen molar-refractivity contribution in [2.24, 2.45) is 0 Å². The SMILES string of the molecule is COc1ccc(F)cc1C(=O)COC(=O)c1cc2ccccc2[nH]1. The molecule has 2 aromatic carbocycles. The van der Waals surface area contributed by atoms with Crippen LogP contribution in [0.2, 0.25) is 0 Å². The number of benzene rings is 2. The molecule has 0 amide bonds. The van der Waals surface area contributed by atoms with Crippen LogP contribution in [0, 0.1) is 5.82 Å². The summed E-state index contributed by atoms with van der Waals surface area (Å²) in [5, 5.41) is 0.863. The number of para-hydroxylation sites is 1. The van der Waals surface area contributed by atoms with Crippen LogP contribution >= 0.6 is 0 Å². The van der Waals surface area contributed by atoms with Crippen molar-refractivity contribution in [3.05, 3.63) is 65.6 Å². The van der Waals surface area contributed by atoms with E-state index in [1.54, 1.807) is 6.07 Å². The molecule has 0 fully saturated rings. The average Bonchev–Trinajstić information content (AvgIpc) is 3.03. The molecule has 1 aromatic heterocycles. The van der Waals surface area contributed by atoms with Crippen molar-refractivity contribution in [3.8, 4) is 5.75 Å². The van der Waals surface area contributed by atoms with Gasteiger partial charge in [0.1, 0.15) is 17.3 Å². The molecule has 0 saturated heterocycles. The lowest BCUT2D eigenvalue weighted by molar-refractivity contribution is 0.0469. The number of H-pyrrole nitrogens is 1. The van der Waals surface area contributed by atoms with Gasteiger partial charge >= 0.3 is 5.97 Å². The largest absolute Gasteiger partial charge is 0.496 e. The zero-order valence-corrected chi connectivity index (χ0v) is 12.8. The lowest BCUT2D eigenvalue weighted by atomic mass is 10.1. The van der Waals surface area contributed by atoms with Gasteiger partial charge in [0.05, 0.1) is 12.7 Å². The van der Waals surface area contributed by atoms with Gasteiger partial charge in [0, 0.05) is 10.9 Å². The molecular weight excluding hydrogens is 313 g/mol. The van der Waals surface area contributed by atoms with E-state index in [9.17, 15) is 14.0 Å². The Hall–Kier alpha value is -3.15. The first kappa shape index (κ1) is 15.7. The summed E-state index contributed by atoms with van der Waals surface area (Å²) in [6.07, 6.45) is 0. The first-order valence-electron chi connectivity index (χ1n) is 7.20. The van der Waals surface area contributed by atoms with Gasteiger partial charge in [-0.3, -0.25) is 4.79 Å². The molecule has 5 nitrogen and oxygen atoms in total. The number of fused-ring (bicyclic) bond motifs is 1. The summed E-state index contributed by atoms with van der Waals surface area (Å²) in [7, 11) is 1.38. The van der Waals surface area contributed by atoms with Gasteiger partial charge in [0.25, 0.3) is 0 Å². The number of ether oxygens (including phenoxy) is 2. The second kappa shape index (κ2) is 6.54. The van der Waals surface area contributed by atoms with Gasteiger partial charge in [-0.25, -0.2) is 9.18 Å². The van der Waals surface area contributed by atoms with Crippen LogP contribution in [0.25, 0.3) is 10.9 Å². The summed E-state index contributed by atoms with van der Waals surface area (Å²) in [6, 6.07) is 12.6. The number of ketones is 1. The maximum absolute atomic E-state index is 13.3. The molecular formula is C18H14FNO4. The van der Waals surface area contributed by atoms with Crippen molar-refractivity contribution in [2.75, 3.05) is 13.7 Å². The van der Waals surface area contributed by atoms with Crippen LogP contribution in [-0.2, 0) is 4.74 Å². The molecule has 0 radical (unpaired) electrons. The van der Waals surface area contributed by atoms with Gasteiger partial charge < -0.3 is 14.5 Å². The average molecular weight is 327 g/mol. The zero-order valence-electron chi connectivity index (χ0n) is 12.8. The van der Waals surface area contributed by atoms with Gasteiger partial charge in [-0.2, -0.15) is 0 Å². The van der Waals surface area contributed by atoms with Gasteiger partial charge in [-0.05, 0) is 30.3 Å². The number of aromatic amines is 1. The summed E-state index contributed by atoms with van der Waals surface area (Å²) >= 11 is 0. The van der Waals surface area contributed by atoms with Gasteiger partial charge in [-0.1, -0.05) is 18.2 Å². The van der Waals surface area contributed by atoms with E-state index in [1.807, 2.05) is 24.3 Å². The molecule has 122 valence electrons. The fourth-order valence-electron chi connectivity index (χ4n) is 2.37. The molecule has 0 atom stereocenters. The predicted octanol–water partition coefficient (Wildman–Crippen LogP) is 3.36. The standard InChI is InChI=1S/C18H14FNO4/c1-23-17-7-6-12(19)9-13(17)16(21)10-24-18(22)15-8-11-4-2-3-5-14(11)20-15/h2-9,20H,10H2,1H3. The molecule has 1 heterocycles. The van der Waals surface area contributed by atoms with Crippen molar-refractivity contribution in [1.29, 1.82) is 0 Å². The number of carbonyl (C=O) groups is 2. The highest BCUT2D eigenvalue weighted by atomic mass is 19.1. The summed E-state index contributed by atoms with van der Waals surface area (Å²) < 4.78 is 23.3. The molecule has 3 rings (SSSR count). The maximum atomic E-state index is 13.3. The number of methoxy groups -OCH3 is 1. The molecule has 1 N–H and O–H groups in total. The highest BCUT2D eigenvalue weighted by molar-refractivity contribution is 6.01. The number of halogens is 1. The summed E-state index contributed by atoms with van der Waals surface area (Å²) in [5.41, 5.74) is 1.07. The monoisotopic (exact) mass is 327 g/mol. The van der Waals surface area contributed by atoms with Crippen molar-refractivity contribution >= 4 is 22.7 Å². The third-order valence-corrected chi connectivity index (χ3v) is 3.55. The third-order valence-electron chi connectivity index (χ3n) is 3.55. The minimum atomic E-state index is -0.657. The van der Waals surface area contributed by atoms with E-state index in [2.05, 4.69) is 4.98 Å². The summed E-state index contributed by atoms with van der Waals surface area (Å²) in [5.74, 6) is -1.55. The van der Waals surface area contributed by atoms with Crippen molar-refractivity contribution in [2.45, 2.75) is 0 Å². The summed E-state index contributed by atoms with van der Waals surface area (Å²) in [4.78, 5) is 27.1. The Bertz CT molecular complexity index is 883. The van der Waals surface area contributed by atoms with Gasteiger partial charge in [0.2, 0.25) is 5.78 Å². The van der Waals surface area contributed by atoms with Crippen molar-refractivity contribution in [3.63, 3.8) is 0 Å². The van der Waals surface area contributed by atoms with E-state index in [0.717, 1.165) is 17.0 Å². The molecule has 0 spiro atoms. The van der Waals surface area contributed by atoms with Crippen LogP contribution in [0.4, 0.5) is 4.39 Å². The second-order valence-electron chi connectivity index (χ2n) is 5.11. The van der Waals surface area contributed by atoms with E-state index in [-0.39, 0.29) is 17.0 Å². The van der Waals surface area contributed by atoms with Crippen LogP contribution in [0.15, 0.2) is 48.5 Å². The van der Waals surface area contributed by atoms with E-state index < -0.39 is 24.2 Å². The zero-order chi connectivity index (χ0) is 17.1.